The van der Waals surface area contributed by atoms with Crippen LogP contribution in [0.1, 0.15) is 20.3 Å². The van der Waals surface area contributed by atoms with Crippen molar-refractivity contribution in [3.8, 4) is 0 Å². The van der Waals surface area contributed by atoms with Crippen molar-refractivity contribution in [1.82, 2.24) is 5.32 Å². The minimum Gasteiger partial charge on any atom is -0.320 e. The van der Waals surface area contributed by atoms with Crippen LogP contribution in [0.2, 0.25) is 0 Å². The van der Waals surface area contributed by atoms with E-state index in [1.165, 1.54) is 0 Å². The van der Waals surface area contributed by atoms with E-state index in [1.807, 2.05) is 0 Å². The molecule has 0 aromatic carbocycles. The van der Waals surface area contributed by atoms with Crippen LogP contribution < -0.4 is 5.32 Å². The third-order valence-electron chi connectivity index (χ3n) is 1.29. The average molecular weight is 185 g/mol. The zero-order valence-electron chi connectivity index (χ0n) is 7.03. The first kappa shape index (κ1) is 11.2. The lowest BCUT2D eigenvalue weighted by molar-refractivity contribution is 0.0996. The largest absolute Gasteiger partial charge is 0.415 e. The molecule has 0 saturated carbocycles. The Morgan fingerprint density at radius 3 is 2.36 bits per heavy atom. The number of hydrogen-bond acceptors (Lipinski definition) is 2. The summed E-state index contributed by atoms with van der Waals surface area (Å²) < 4.78 is 28.0. The van der Waals surface area contributed by atoms with E-state index in [4.69, 9.17) is 0 Å². The Hall–Kier alpha value is 0.210. The van der Waals surface area contributed by atoms with Gasteiger partial charge >= 0.3 is 8.77 Å². The smallest absolute Gasteiger partial charge is 0.320 e. The first-order valence-electron chi connectivity index (χ1n) is 3.43. The molecular formula is C6H14F2NOP. The van der Waals surface area contributed by atoms with Gasteiger partial charge in [-0.25, -0.2) is 0 Å². The topological polar surface area (TPSA) is 21.3 Å². The maximum absolute atomic E-state index is 11.8. The standard InChI is InChI=1S/C6H14F2NOP/c1-6(2,4-5-9-3)10-11(7)8/h9H,4-5H2,1-3H3. The van der Waals surface area contributed by atoms with E-state index in [0.29, 0.717) is 13.0 Å². The van der Waals surface area contributed by atoms with Crippen LogP contribution in [0.5, 0.6) is 0 Å². The van der Waals surface area contributed by atoms with E-state index in [2.05, 4.69) is 9.84 Å². The van der Waals surface area contributed by atoms with Gasteiger partial charge in [0.1, 0.15) is 0 Å². The molecule has 0 saturated heterocycles. The Labute approximate surface area is 67.4 Å². The molecule has 0 rings (SSSR count). The van der Waals surface area contributed by atoms with Crippen molar-refractivity contribution >= 4 is 8.77 Å². The van der Waals surface area contributed by atoms with E-state index in [0.717, 1.165) is 0 Å². The van der Waals surface area contributed by atoms with Crippen LogP contribution in [0.4, 0.5) is 8.39 Å². The fourth-order valence-electron chi connectivity index (χ4n) is 0.658. The molecule has 0 aromatic heterocycles. The first-order valence-corrected chi connectivity index (χ1v) is 4.47. The zero-order chi connectivity index (χ0) is 8.91. The minimum absolute atomic E-state index is 0.593. The lowest BCUT2D eigenvalue weighted by Crippen LogP contribution is -2.26. The summed E-state index contributed by atoms with van der Waals surface area (Å²) in [5, 5.41) is 2.88. The van der Waals surface area contributed by atoms with Gasteiger partial charge in [0.15, 0.2) is 0 Å². The first-order chi connectivity index (χ1) is 4.98. The molecule has 0 atom stereocenters. The predicted octanol–water partition coefficient (Wildman–Crippen LogP) is 2.56. The van der Waals surface area contributed by atoms with Crippen molar-refractivity contribution in [2.24, 2.45) is 0 Å². The molecule has 5 heteroatoms. The van der Waals surface area contributed by atoms with Crippen LogP contribution in [-0.2, 0) is 4.52 Å². The molecule has 2 nitrogen and oxygen atoms in total. The molecule has 0 aromatic rings. The molecule has 0 heterocycles. The number of hydrogen-bond donors (Lipinski definition) is 1. The second kappa shape index (κ2) is 4.96. The van der Waals surface area contributed by atoms with E-state index in [9.17, 15) is 8.39 Å². The maximum Gasteiger partial charge on any atom is 0.415 e. The highest BCUT2D eigenvalue weighted by Gasteiger charge is 2.23. The van der Waals surface area contributed by atoms with Crippen molar-refractivity contribution in [2.75, 3.05) is 13.6 Å². The second-order valence-electron chi connectivity index (χ2n) is 2.91. The highest BCUT2D eigenvalue weighted by Crippen LogP contribution is 2.44. The maximum atomic E-state index is 11.8. The lowest BCUT2D eigenvalue weighted by Gasteiger charge is -2.23. The summed E-state index contributed by atoms with van der Waals surface area (Å²) in [6, 6.07) is 0. The molecule has 1 N–H and O–H groups in total. The van der Waals surface area contributed by atoms with Gasteiger partial charge in [0.05, 0.1) is 5.60 Å². The molecule has 0 unspecified atom stereocenters. The average Bonchev–Trinajstić information content (AvgIpc) is 1.81. The molecule has 0 aliphatic heterocycles. The van der Waals surface area contributed by atoms with Gasteiger partial charge in [-0.05, 0) is 33.9 Å². The highest BCUT2D eigenvalue weighted by molar-refractivity contribution is 7.40. The van der Waals surface area contributed by atoms with Gasteiger partial charge in [0.25, 0.3) is 0 Å². The normalized spacial score (nSPS) is 12.5. The molecule has 11 heavy (non-hydrogen) atoms. The fraction of sp³-hybridized carbons (Fsp3) is 1.00. The van der Waals surface area contributed by atoms with E-state index < -0.39 is 14.4 Å². The third-order valence-corrected chi connectivity index (χ3v) is 1.93. The Morgan fingerprint density at radius 1 is 1.45 bits per heavy atom. The van der Waals surface area contributed by atoms with Gasteiger partial charge < -0.3 is 5.32 Å². The molecule has 0 bridgehead atoms. The van der Waals surface area contributed by atoms with Crippen LogP contribution in [0.15, 0.2) is 0 Å². The van der Waals surface area contributed by atoms with Crippen molar-refractivity contribution in [1.29, 1.82) is 0 Å². The van der Waals surface area contributed by atoms with Gasteiger partial charge in [0.2, 0.25) is 0 Å². The molecule has 0 amide bonds. The van der Waals surface area contributed by atoms with Gasteiger partial charge in [-0.1, -0.05) is 0 Å². The molecule has 0 radical (unpaired) electrons. The summed E-state index contributed by atoms with van der Waals surface area (Å²) in [4.78, 5) is 0. The monoisotopic (exact) mass is 185 g/mol. The van der Waals surface area contributed by atoms with Crippen molar-refractivity contribution < 1.29 is 12.9 Å². The van der Waals surface area contributed by atoms with Crippen molar-refractivity contribution in [3.63, 3.8) is 0 Å². The molecule has 68 valence electrons. The second-order valence-corrected chi connectivity index (χ2v) is 3.49. The Bertz CT molecular complexity index is 111. The molecule has 0 aliphatic carbocycles. The quantitative estimate of drug-likeness (QED) is 0.664. The van der Waals surface area contributed by atoms with Gasteiger partial charge in [-0.15, -0.1) is 0 Å². The number of halogens is 2. The molecule has 0 aliphatic rings. The molecule has 0 fully saturated rings. The summed E-state index contributed by atoms with van der Waals surface area (Å²) in [6.45, 7) is 4.02. The van der Waals surface area contributed by atoms with E-state index in [1.54, 1.807) is 20.9 Å². The SMILES string of the molecule is CNCCC(C)(C)OP(F)F. The van der Waals surface area contributed by atoms with Crippen molar-refractivity contribution in [2.45, 2.75) is 25.9 Å². The molecular weight excluding hydrogens is 171 g/mol. The van der Waals surface area contributed by atoms with E-state index >= 15 is 0 Å². The fourth-order valence-corrected chi connectivity index (χ4v) is 1.12. The molecule has 0 spiro atoms. The third kappa shape index (κ3) is 6.60. The van der Waals surface area contributed by atoms with E-state index in [-0.39, 0.29) is 0 Å². The highest BCUT2D eigenvalue weighted by atomic mass is 31.2. The summed E-state index contributed by atoms with van der Waals surface area (Å²) in [5.74, 6) is 0. The summed E-state index contributed by atoms with van der Waals surface area (Å²) in [6.07, 6.45) is 0.593. The summed E-state index contributed by atoms with van der Waals surface area (Å²) >= 11 is 0. The Kier molecular flexibility index (Phi) is 5.06. The minimum atomic E-state index is -3.23. The zero-order valence-corrected chi connectivity index (χ0v) is 7.92. The predicted molar refractivity (Wildman–Crippen MR) is 42.8 cm³/mol. The van der Waals surface area contributed by atoms with Crippen LogP contribution in [0.3, 0.4) is 0 Å². The Balaban J connectivity index is 3.61. The summed E-state index contributed by atoms with van der Waals surface area (Å²) in [7, 11) is -1.45. The van der Waals surface area contributed by atoms with Gasteiger partial charge in [-0.2, -0.15) is 8.39 Å². The van der Waals surface area contributed by atoms with Crippen molar-refractivity contribution in [3.05, 3.63) is 0 Å². The lowest BCUT2D eigenvalue weighted by atomic mass is 10.1. The van der Waals surface area contributed by atoms with Crippen LogP contribution in [-0.4, -0.2) is 19.2 Å². The summed E-state index contributed by atoms with van der Waals surface area (Å²) in [5.41, 5.74) is -0.710. The Morgan fingerprint density at radius 2 is 2.00 bits per heavy atom. The van der Waals surface area contributed by atoms with Crippen LogP contribution in [0, 0.1) is 0 Å². The van der Waals surface area contributed by atoms with Gasteiger partial charge in [0, 0.05) is 0 Å². The van der Waals surface area contributed by atoms with Crippen LogP contribution in [0.25, 0.3) is 0 Å². The number of rotatable bonds is 5. The van der Waals surface area contributed by atoms with Gasteiger partial charge in [-0.3, -0.25) is 4.52 Å². The number of nitrogens with one attached hydrogen (secondary N) is 1. The van der Waals surface area contributed by atoms with Crippen LogP contribution >= 0.6 is 8.77 Å².